The molecule has 1 aliphatic heterocycles. The lowest BCUT2D eigenvalue weighted by molar-refractivity contribution is -0.142. The number of rotatable bonds is 12. The van der Waals surface area contributed by atoms with Crippen molar-refractivity contribution >= 4 is 23.4 Å². The first-order valence-corrected chi connectivity index (χ1v) is 12.7. The number of aryl methyl sites for hydroxylation is 1. The lowest BCUT2D eigenvalue weighted by Crippen LogP contribution is -2.23. The van der Waals surface area contributed by atoms with Crippen molar-refractivity contribution < 1.29 is 14.1 Å². The summed E-state index contributed by atoms with van der Waals surface area (Å²) in [4.78, 5) is 12.9. The number of carbonyl (C=O) groups excluding carboxylic acids is 1. The van der Waals surface area contributed by atoms with Crippen LogP contribution in [0.1, 0.15) is 62.8 Å². The smallest absolute Gasteiger partial charge is 0.356 e. The molecule has 2 unspecified atom stereocenters. The fourth-order valence-electron chi connectivity index (χ4n) is 3.72. The predicted molar refractivity (Wildman–Crippen MR) is 127 cm³/mol. The number of unbranched alkanes of at least 4 members (excludes halogenated alkanes) is 2. The van der Waals surface area contributed by atoms with E-state index in [1.54, 1.807) is 10.9 Å². The standard InChI is InChI=1S/C24H34N4O3S/c1-4-6-7-8-19(5-2)17-31-24(29)18-32(30)23-10-9-20-15-28(25-14-21(20)13-23)16-22-11-12-27(3)26-22/h9-14,19H,4-8,15-18H2,1-3H3. The Hall–Kier alpha value is -2.32. The van der Waals surface area contributed by atoms with Gasteiger partial charge in [-0.1, -0.05) is 45.6 Å². The minimum atomic E-state index is -1.44. The van der Waals surface area contributed by atoms with Crippen molar-refractivity contribution in [1.29, 1.82) is 0 Å². The second-order valence-corrected chi connectivity index (χ2v) is 9.80. The maximum atomic E-state index is 12.7. The molecule has 7 nitrogen and oxygen atoms in total. The summed E-state index contributed by atoms with van der Waals surface area (Å²) in [7, 11) is 1.89. The van der Waals surface area contributed by atoms with Crippen molar-refractivity contribution in [3.63, 3.8) is 0 Å². The average molecular weight is 459 g/mol. The Kier molecular flexibility index (Phi) is 9.17. The van der Waals surface area contributed by atoms with Crippen LogP contribution in [-0.4, -0.2) is 43.9 Å². The van der Waals surface area contributed by atoms with Crippen LogP contribution in [0.3, 0.4) is 0 Å². The van der Waals surface area contributed by atoms with Crippen molar-refractivity contribution in [2.45, 2.75) is 63.9 Å². The predicted octanol–water partition coefficient (Wildman–Crippen LogP) is 4.03. The zero-order chi connectivity index (χ0) is 22.9. The van der Waals surface area contributed by atoms with E-state index in [1.165, 1.54) is 12.8 Å². The van der Waals surface area contributed by atoms with E-state index in [-0.39, 0.29) is 5.75 Å². The summed E-state index contributed by atoms with van der Waals surface area (Å²) in [6.45, 7) is 6.01. The lowest BCUT2D eigenvalue weighted by atomic mass is 10.00. The first-order chi connectivity index (χ1) is 15.5. The van der Waals surface area contributed by atoms with Gasteiger partial charge in [-0.05, 0) is 41.2 Å². The largest absolute Gasteiger partial charge is 0.611 e. The zero-order valence-corrected chi connectivity index (χ0v) is 20.1. The van der Waals surface area contributed by atoms with Gasteiger partial charge in [0, 0.05) is 24.9 Å². The van der Waals surface area contributed by atoms with Crippen molar-refractivity contribution in [2.24, 2.45) is 18.1 Å². The molecule has 174 valence electrons. The first-order valence-electron chi connectivity index (χ1n) is 11.4. The van der Waals surface area contributed by atoms with Crippen LogP contribution < -0.4 is 0 Å². The van der Waals surface area contributed by atoms with Gasteiger partial charge < -0.3 is 9.29 Å². The number of carbonyl (C=O) groups is 1. The van der Waals surface area contributed by atoms with Gasteiger partial charge in [0.25, 0.3) is 0 Å². The second kappa shape index (κ2) is 12.1. The maximum absolute atomic E-state index is 12.7. The highest BCUT2D eigenvalue weighted by Crippen LogP contribution is 2.22. The Morgan fingerprint density at radius 3 is 2.84 bits per heavy atom. The van der Waals surface area contributed by atoms with Crippen molar-refractivity contribution in [3.05, 3.63) is 47.3 Å². The normalized spacial score (nSPS) is 14.8. The van der Waals surface area contributed by atoms with Crippen LogP contribution in [0.5, 0.6) is 0 Å². The molecule has 1 aliphatic rings. The second-order valence-electron chi connectivity index (χ2n) is 8.35. The van der Waals surface area contributed by atoms with Gasteiger partial charge in [-0.15, -0.1) is 0 Å². The van der Waals surface area contributed by atoms with Crippen molar-refractivity contribution in [3.8, 4) is 0 Å². The minimum Gasteiger partial charge on any atom is -0.611 e. The molecule has 1 aromatic carbocycles. The van der Waals surface area contributed by atoms with Crippen molar-refractivity contribution in [2.75, 3.05) is 12.4 Å². The summed E-state index contributed by atoms with van der Waals surface area (Å²) in [5.74, 6) is -0.134. The van der Waals surface area contributed by atoms with Crippen LogP contribution in [0, 0.1) is 5.92 Å². The van der Waals surface area contributed by atoms with Crippen LogP contribution in [0.4, 0.5) is 0 Å². The maximum Gasteiger partial charge on any atom is 0.356 e. The molecule has 2 atom stereocenters. The molecule has 1 aromatic heterocycles. The summed E-state index contributed by atoms with van der Waals surface area (Å²) in [5.41, 5.74) is 3.00. The fraction of sp³-hybridized carbons (Fsp3) is 0.542. The topological polar surface area (TPSA) is 82.8 Å². The Bertz CT molecular complexity index is 914. The Morgan fingerprint density at radius 1 is 1.28 bits per heavy atom. The monoisotopic (exact) mass is 458 g/mol. The first kappa shape index (κ1) is 24.3. The van der Waals surface area contributed by atoms with E-state index in [1.807, 2.05) is 42.5 Å². The van der Waals surface area contributed by atoms with Gasteiger partial charge in [0.15, 0.2) is 4.90 Å². The highest BCUT2D eigenvalue weighted by atomic mass is 32.2. The van der Waals surface area contributed by atoms with E-state index >= 15 is 0 Å². The number of nitrogens with zero attached hydrogens (tertiary/aromatic N) is 4. The summed E-state index contributed by atoms with van der Waals surface area (Å²) >= 11 is -1.44. The molecule has 0 spiro atoms. The Morgan fingerprint density at radius 2 is 2.12 bits per heavy atom. The molecular formula is C24H34N4O3S. The van der Waals surface area contributed by atoms with E-state index in [2.05, 4.69) is 24.0 Å². The summed E-state index contributed by atoms with van der Waals surface area (Å²) < 4.78 is 19.9. The molecule has 32 heavy (non-hydrogen) atoms. The van der Waals surface area contributed by atoms with Gasteiger partial charge in [0.2, 0.25) is 5.75 Å². The van der Waals surface area contributed by atoms with Gasteiger partial charge in [-0.25, -0.2) is 4.79 Å². The molecule has 0 saturated heterocycles. The average Bonchev–Trinajstić information content (AvgIpc) is 3.20. The quantitative estimate of drug-likeness (QED) is 0.272. The highest BCUT2D eigenvalue weighted by molar-refractivity contribution is 7.92. The molecule has 0 fully saturated rings. The number of hydrogen-bond acceptors (Lipinski definition) is 6. The molecule has 0 N–H and O–H groups in total. The SMILES string of the molecule is CCCCCC(CC)COC(=O)C[S+]([O-])c1ccc2c(c1)C=NN(Cc1ccn(C)n1)C2. The van der Waals surface area contributed by atoms with E-state index in [4.69, 9.17) is 4.74 Å². The van der Waals surface area contributed by atoms with Gasteiger partial charge in [-0.2, -0.15) is 10.2 Å². The van der Waals surface area contributed by atoms with Crippen LogP contribution in [0.15, 0.2) is 40.5 Å². The summed E-state index contributed by atoms with van der Waals surface area (Å²) in [5, 5.41) is 10.8. The minimum absolute atomic E-state index is 0.118. The van der Waals surface area contributed by atoms with Gasteiger partial charge in [0.05, 0.1) is 31.6 Å². The number of fused-ring (bicyclic) bond motifs is 1. The summed E-state index contributed by atoms with van der Waals surface area (Å²) in [6.07, 6.45) is 9.31. The number of esters is 1. The van der Waals surface area contributed by atoms with E-state index < -0.39 is 17.1 Å². The number of hydrazone groups is 1. The van der Waals surface area contributed by atoms with E-state index in [0.29, 0.717) is 30.5 Å². The molecule has 0 amide bonds. The molecule has 2 heterocycles. The van der Waals surface area contributed by atoms with E-state index in [9.17, 15) is 9.35 Å². The molecule has 0 radical (unpaired) electrons. The fourth-order valence-corrected chi connectivity index (χ4v) is 4.66. The lowest BCUT2D eigenvalue weighted by Gasteiger charge is -2.23. The van der Waals surface area contributed by atoms with Crippen LogP contribution in [0.25, 0.3) is 0 Å². The van der Waals surface area contributed by atoms with Crippen LogP contribution in [-0.2, 0) is 40.8 Å². The Labute approximate surface area is 194 Å². The molecule has 2 aromatic rings. The van der Waals surface area contributed by atoms with Crippen molar-refractivity contribution in [1.82, 2.24) is 14.8 Å². The molecule has 0 aliphatic carbocycles. The third-order valence-corrected chi connectivity index (χ3v) is 7.01. The molecule has 0 bridgehead atoms. The number of benzene rings is 1. The summed E-state index contributed by atoms with van der Waals surface area (Å²) in [6, 6.07) is 7.63. The third kappa shape index (κ3) is 7.10. The van der Waals surface area contributed by atoms with Crippen LogP contribution >= 0.6 is 0 Å². The molecule has 8 heteroatoms. The van der Waals surface area contributed by atoms with Gasteiger partial charge >= 0.3 is 5.97 Å². The number of ether oxygens (including phenoxy) is 1. The number of aromatic nitrogens is 2. The molecule has 0 saturated carbocycles. The number of hydrogen-bond donors (Lipinski definition) is 0. The third-order valence-electron chi connectivity index (χ3n) is 5.73. The Balaban J connectivity index is 1.50. The molecular weight excluding hydrogens is 424 g/mol. The van der Waals surface area contributed by atoms with Gasteiger partial charge in [-0.3, -0.25) is 9.69 Å². The zero-order valence-electron chi connectivity index (χ0n) is 19.3. The van der Waals surface area contributed by atoms with E-state index in [0.717, 1.165) is 36.1 Å². The van der Waals surface area contributed by atoms with Crippen LogP contribution in [0.2, 0.25) is 0 Å². The molecule has 3 rings (SSSR count). The van der Waals surface area contributed by atoms with Gasteiger partial charge in [0.1, 0.15) is 0 Å². The highest BCUT2D eigenvalue weighted by Gasteiger charge is 2.21.